The maximum absolute atomic E-state index is 12.5. The normalized spacial score (nSPS) is 14.5. The summed E-state index contributed by atoms with van der Waals surface area (Å²) in [6.07, 6.45) is 33.5. The molecule has 49 heavy (non-hydrogen) atoms. The number of phosphoric ester groups is 1. The number of phosphoric acid groups is 1. The topological polar surface area (TPSA) is 172 Å². The minimum absolute atomic E-state index is 0.0505. The maximum Gasteiger partial charge on any atom is 0.472 e. The SMILES string of the molecule is CC/C=C/C/C=C/CCCCCCCC(=O)OCC(COP(=O)(O)OC[C@H](N)C(=O)O)OC(=O)CC/C=C/C/C=C/CCCCCCCC. The molecule has 0 bridgehead atoms. The van der Waals surface area contributed by atoms with Crippen LogP contribution >= 0.6 is 7.82 Å². The average Bonchev–Trinajstić information content (AvgIpc) is 3.07. The van der Waals surface area contributed by atoms with E-state index in [0.717, 1.165) is 57.8 Å². The van der Waals surface area contributed by atoms with Crippen molar-refractivity contribution >= 4 is 25.7 Å². The summed E-state index contributed by atoms with van der Waals surface area (Å²) >= 11 is 0. The molecular formula is C37H64NO10P. The van der Waals surface area contributed by atoms with Crippen molar-refractivity contribution in [1.82, 2.24) is 0 Å². The van der Waals surface area contributed by atoms with Gasteiger partial charge in [-0.1, -0.05) is 114 Å². The Balaban J connectivity index is 4.59. The molecule has 0 saturated carbocycles. The zero-order chi connectivity index (χ0) is 36.4. The molecule has 0 heterocycles. The van der Waals surface area contributed by atoms with E-state index in [1.165, 1.54) is 38.5 Å². The van der Waals surface area contributed by atoms with Crippen molar-refractivity contribution in [2.24, 2.45) is 5.73 Å². The zero-order valence-corrected chi connectivity index (χ0v) is 30.9. The highest BCUT2D eigenvalue weighted by atomic mass is 31.2. The van der Waals surface area contributed by atoms with Crippen molar-refractivity contribution in [2.75, 3.05) is 19.8 Å². The van der Waals surface area contributed by atoms with Gasteiger partial charge < -0.3 is 25.2 Å². The summed E-state index contributed by atoms with van der Waals surface area (Å²) in [5.41, 5.74) is 5.30. The second-order valence-electron chi connectivity index (χ2n) is 12.0. The summed E-state index contributed by atoms with van der Waals surface area (Å²) in [6, 6.07) is -1.53. The minimum atomic E-state index is -4.72. The van der Waals surface area contributed by atoms with Crippen molar-refractivity contribution in [3.05, 3.63) is 48.6 Å². The van der Waals surface area contributed by atoms with Crippen LogP contribution in [0.2, 0.25) is 0 Å². The van der Waals surface area contributed by atoms with Crippen LogP contribution in [0.3, 0.4) is 0 Å². The summed E-state index contributed by atoms with van der Waals surface area (Å²) < 4.78 is 32.4. The van der Waals surface area contributed by atoms with E-state index in [1.807, 2.05) is 12.2 Å². The number of hydrogen-bond acceptors (Lipinski definition) is 9. The molecule has 0 rings (SSSR count). The predicted molar refractivity (Wildman–Crippen MR) is 194 cm³/mol. The van der Waals surface area contributed by atoms with Crippen LogP contribution in [0.5, 0.6) is 0 Å². The van der Waals surface area contributed by atoms with E-state index in [1.54, 1.807) is 0 Å². The van der Waals surface area contributed by atoms with Gasteiger partial charge in [-0.25, -0.2) is 4.57 Å². The van der Waals surface area contributed by atoms with E-state index in [2.05, 4.69) is 54.8 Å². The lowest BCUT2D eigenvalue weighted by atomic mass is 10.1. The maximum atomic E-state index is 12.5. The third kappa shape index (κ3) is 32.4. The van der Waals surface area contributed by atoms with Crippen LogP contribution < -0.4 is 5.73 Å². The van der Waals surface area contributed by atoms with Gasteiger partial charge in [-0.3, -0.25) is 23.4 Å². The van der Waals surface area contributed by atoms with Crippen LogP contribution in [0, 0.1) is 0 Å². The minimum Gasteiger partial charge on any atom is -0.480 e. The lowest BCUT2D eigenvalue weighted by Crippen LogP contribution is -2.34. The molecule has 4 N–H and O–H groups in total. The van der Waals surface area contributed by atoms with E-state index < -0.39 is 51.1 Å². The Bertz CT molecular complexity index is 1030. The Labute approximate surface area is 295 Å². The predicted octanol–water partition coefficient (Wildman–Crippen LogP) is 8.66. The van der Waals surface area contributed by atoms with Crippen molar-refractivity contribution in [1.29, 1.82) is 0 Å². The number of allylic oxidation sites excluding steroid dienone is 8. The molecule has 282 valence electrons. The molecule has 0 fully saturated rings. The molecule has 3 atom stereocenters. The van der Waals surface area contributed by atoms with Crippen molar-refractivity contribution < 1.29 is 47.5 Å². The van der Waals surface area contributed by atoms with Crippen molar-refractivity contribution in [3.63, 3.8) is 0 Å². The first kappa shape index (κ1) is 46.4. The van der Waals surface area contributed by atoms with Gasteiger partial charge in [0.15, 0.2) is 6.10 Å². The van der Waals surface area contributed by atoms with Gasteiger partial charge in [0.25, 0.3) is 0 Å². The van der Waals surface area contributed by atoms with Crippen LogP contribution in [-0.2, 0) is 37.5 Å². The highest BCUT2D eigenvalue weighted by molar-refractivity contribution is 7.47. The number of aliphatic carboxylic acids is 1. The molecule has 2 unspecified atom stereocenters. The Hall–Kier alpha value is -2.56. The number of hydrogen-bond donors (Lipinski definition) is 3. The quantitative estimate of drug-likeness (QED) is 0.0257. The molecule has 11 nitrogen and oxygen atoms in total. The fraction of sp³-hybridized carbons (Fsp3) is 0.703. The van der Waals surface area contributed by atoms with Gasteiger partial charge in [0.05, 0.1) is 13.2 Å². The molecule has 0 aromatic carbocycles. The highest BCUT2D eigenvalue weighted by Gasteiger charge is 2.28. The first-order valence-corrected chi connectivity index (χ1v) is 19.7. The Morgan fingerprint density at radius 3 is 1.78 bits per heavy atom. The molecule has 0 aromatic heterocycles. The standard InChI is InChI=1S/C37H64NO10P/c1-3-5-7-9-11-13-15-17-19-21-23-25-27-29-36(40)48-33(31-46-49(43,44)47-32-34(38)37(41)42)30-45-35(39)28-26-24-22-20-18-16-14-12-10-8-6-4-2/h6,8,12,14,17,19,23,25,33-34H,3-5,7,9-11,13,15-16,18,20-22,24,26-32,38H2,1-2H3,(H,41,42)(H,43,44)/b8-6+,14-12+,19-17+,25-23+/t33?,34-/m0/s1. The van der Waals surface area contributed by atoms with Gasteiger partial charge in [0.2, 0.25) is 0 Å². The fourth-order valence-corrected chi connectivity index (χ4v) is 5.23. The Kier molecular flexibility index (Phi) is 30.9. The summed E-state index contributed by atoms with van der Waals surface area (Å²) in [5, 5.41) is 8.84. The average molecular weight is 714 g/mol. The summed E-state index contributed by atoms with van der Waals surface area (Å²) in [7, 11) is -4.72. The number of carbonyl (C=O) groups excluding carboxylic acids is 2. The number of carbonyl (C=O) groups is 3. The fourth-order valence-electron chi connectivity index (χ4n) is 4.45. The molecular weight excluding hydrogens is 649 g/mol. The van der Waals surface area contributed by atoms with E-state index in [4.69, 9.17) is 24.8 Å². The van der Waals surface area contributed by atoms with E-state index in [0.29, 0.717) is 12.8 Å². The Morgan fingerprint density at radius 2 is 1.18 bits per heavy atom. The van der Waals surface area contributed by atoms with Crippen LogP contribution in [-0.4, -0.2) is 59.9 Å². The van der Waals surface area contributed by atoms with Crippen molar-refractivity contribution in [3.8, 4) is 0 Å². The number of carboxylic acids is 1. The summed E-state index contributed by atoms with van der Waals surface area (Å²) in [6.45, 7) is 2.57. The molecule has 0 aliphatic heterocycles. The summed E-state index contributed by atoms with van der Waals surface area (Å²) in [5.74, 6) is -2.49. The molecule has 0 radical (unpaired) electrons. The van der Waals surface area contributed by atoms with Crippen LogP contribution in [0.25, 0.3) is 0 Å². The molecule has 0 saturated heterocycles. The molecule has 0 spiro atoms. The third-order valence-electron chi connectivity index (χ3n) is 7.32. The van der Waals surface area contributed by atoms with Crippen LogP contribution in [0.1, 0.15) is 136 Å². The molecule has 0 aliphatic carbocycles. The first-order valence-electron chi connectivity index (χ1n) is 18.2. The smallest absolute Gasteiger partial charge is 0.472 e. The number of nitrogens with two attached hydrogens (primary N) is 1. The summed E-state index contributed by atoms with van der Waals surface area (Å²) in [4.78, 5) is 45.6. The molecule has 12 heteroatoms. The van der Waals surface area contributed by atoms with E-state index >= 15 is 0 Å². The van der Waals surface area contributed by atoms with Gasteiger partial charge in [0.1, 0.15) is 12.6 Å². The monoisotopic (exact) mass is 713 g/mol. The lowest BCUT2D eigenvalue weighted by molar-refractivity contribution is -0.161. The van der Waals surface area contributed by atoms with Crippen LogP contribution in [0.4, 0.5) is 0 Å². The van der Waals surface area contributed by atoms with Gasteiger partial charge in [-0.2, -0.15) is 0 Å². The van der Waals surface area contributed by atoms with Gasteiger partial charge in [-0.15, -0.1) is 0 Å². The highest BCUT2D eigenvalue weighted by Crippen LogP contribution is 2.43. The van der Waals surface area contributed by atoms with Gasteiger partial charge in [0, 0.05) is 12.8 Å². The number of ether oxygens (including phenoxy) is 2. The Morgan fingerprint density at radius 1 is 0.653 bits per heavy atom. The largest absolute Gasteiger partial charge is 0.480 e. The number of unbranched alkanes of at least 4 members (excludes halogenated alkanes) is 11. The zero-order valence-electron chi connectivity index (χ0n) is 30.0. The lowest BCUT2D eigenvalue weighted by Gasteiger charge is -2.20. The third-order valence-corrected chi connectivity index (χ3v) is 8.27. The first-order chi connectivity index (χ1) is 23.6. The van der Waals surface area contributed by atoms with Crippen molar-refractivity contribution in [2.45, 2.75) is 148 Å². The second kappa shape index (κ2) is 32.6. The number of carboxylic acid groups (broad SMARTS) is 1. The molecule has 0 aromatic rings. The van der Waals surface area contributed by atoms with Gasteiger partial charge >= 0.3 is 25.7 Å². The number of rotatable bonds is 33. The second-order valence-corrected chi connectivity index (χ2v) is 13.4. The van der Waals surface area contributed by atoms with E-state index in [9.17, 15) is 23.8 Å². The van der Waals surface area contributed by atoms with E-state index in [-0.39, 0.29) is 19.4 Å². The van der Waals surface area contributed by atoms with Crippen LogP contribution in [0.15, 0.2) is 48.6 Å². The molecule has 0 amide bonds. The van der Waals surface area contributed by atoms with Gasteiger partial charge in [-0.05, 0) is 57.8 Å². The molecule has 0 aliphatic rings. The number of esters is 2.